The normalized spacial score (nSPS) is 17.4. The maximum absolute atomic E-state index is 14.3. The fourth-order valence-corrected chi connectivity index (χ4v) is 4.66. The molecule has 1 amide bonds. The number of hydrogen-bond donors (Lipinski definition) is 2. The summed E-state index contributed by atoms with van der Waals surface area (Å²) in [6.07, 6.45) is -1.10. The molecular weight excluding hydrogens is 502 g/mol. The zero-order chi connectivity index (χ0) is 25.8. The summed E-state index contributed by atoms with van der Waals surface area (Å²) in [5, 5.41) is 2.60. The van der Waals surface area contributed by atoms with Crippen molar-refractivity contribution >= 4 is 34.8 Å². The summed E-state index contributed by atoms with van der Waals surface area (Å²) < 4.78 is 54.4. The Balaban J connectivity index is 1.63. The van der Waals surface area contributed by atoms with Crippen molar-refractivity contribution in [2.24, 2.45) is 0 Å². The average molecular weight is 520 g/mol. The van der Waals surface area contributed by atoms with Crippen molar-refractivity contribution in [3.05, 3.63) is 64.5 Å². The molecule has 1 aliphatic heterocycles. The van der Waals surface area contributed by atoms with E-state index in [9.17, 15) is 22.4 Å². The molecule has 0 spiro atoms. The fraction of sp³-hybridized carbons (Fsp3) is 0.261. The number of hydrogen-bond acceptors (Lipinski definition) is 6. The molecule has 13 heteroatoms. The second-order valence-corrected chi connectivity index (χ2v) is 8.75. The van der Waals surface area contributed by atoms with Gasteiger partial charge in [0, 0.05) is 31.4 Å². The van der Waals surface area contributed by atoms with Crippen LogP contribution in [-0.2, 0) is 16.6 Å². The molecule has 186 valence electrons. The molecule has 4 heterocycles. The average Bonchev–Trinajstić information content (AvgIpc) is 3.41. The quantitative estimate of drug-likeness (QED) is 0.370. The number of fused-ring (bicyclic) bond motifs is 2. The number of alkyl halides is 3. The van der Waals surface area contributed by atoms with Gasteiger partial charge in [0.1, 0.15) is 28.6 Å². The summed E-state index contributed by atoms with van der Waals surface area (Å²) in [6.45, 7) is 1.75. The van der Waals surface area contributed by atoms with Gasteiger partial charge < -0.3 is 15.5 Å². The van der Waals surface area contributed by atoms with Crippen LogP contribution in [0.5, 0.6) is 0 Å². The van der Waals surface area contributed by atoms with Gasteiger partial charge in [-0.3, -0.25) is 4.79 Å². The zero-order valence-electron chi connectivity index (χ0n) is 18.7. The molecule has 1 unspecified atom stereocenters. The third kappa shape index (κ3) is 3.81. The number of nitrogens with two attached hydrogens (primary N) is 1. The Morgan fingerprint density at radius 2 is 2.00 bits per heavy atom. The third-order valence-corrected chi connectivity index (χ3v) is 6.55. The van der Waals surface area contributed by atoms with Gasteiger partial charge in [-0.05, 0) is 24.1 Å². The Hall–Kier alpha value is -3.80. The number of nitrogens with one attached hydrogen (secondary N) is 1. The Morgan fingerprint density at radius 3 is 2.69 bits per heavy atom. The van der Waals surface area contributed by atoms with Crippen LogP contribution in [0.1, 0.15) is 36.6 Å². The van der Waals surface area contributed by atoms with Crippen LogP contribution in [0.25, 0.3) is 17.2 Å². The Kier molecular flexibility index (Phi) is 5.58. The molecule has 3 aromatic heterocycles. The smallest absolute Gasteiger partial charge is 0.383 e. The maximum atomic E-state index is 14.3. The largest absolute Gasteiger partial charge is 0.389 e. The lowest BCUT2D eigenvalue weighted by Crippen LogP contribution is -2.35. The molecule has 8 nitrogen and oxygen atoms in total. The first-order valence-corrected chi connectivity index (χ1v) is 11.3. The molecule has 5 rings (SSSR count). The highest BCUT2D eigenvalue weighted by molar-refractivity contribution is 6.30. The minimum atomic E-state index is -4.37. The number of rotatable bonds is 5. The van der Waals surface area contributed by atoms with E-state index in [1.54, 1.807) is 19.2 Å². The number of carbonyl (C=O) groups is 1. The van der Waals surface area contributed by atoms with Crippen LogP contribution in [0.15, 0.2) is 36.8 Å². The van der Waals surface area contributed by atoms with E-state index in [0.29, 0.717) is 5.56 Å². The summed E-state index contributed by atoms with van der Waals surface area (Å²) in [5.41, 5.74) is 6.11. The van der Waals surface area contributed by atoms with Crippen LogP contribution in [-0.4, -0.2) is 36.4 Å². The predicted octanol–water partition coefficient (Wildman–Crippen LogP) is 4.70. The highest BCUT2D eigenvalue weighted by Crippen LogP contribution is 2.47. The van der Waals surface area contributed by atoms with Crippen LogP contribution in [0.4, 0.5) is 29.2 Å². The molecule has 4 aromatic rings. The van der Waals surface area contributed by atoms with Crippen molar-refractivity contribution in [1.82, 2.24) is 24.3 Å². The van der Waals surface area contributed by atoms with Gasteiger partial charge in [-0.15, -0.1) is 0 Å². The second-order valence-electron chi connectivity index (χ2n) is 8.34. The molecule has 36 heavy (non-hydrogen) atoms. The number of anilines is 2. The van der Waals surface area contributed by atoms with E-state index in [1.807, 2.05) is 0 Å². The van der Waals surface area contributed by atoms with Crippen molar-refractivity contribution in [1.29, 1.82) is 0 Å². The Labute approximate surface area is 206 Å². The van der Waals surface area contributed by atoms with Gasteiger partial charge in [0.15, 0.2) is 11.5 Å². The number of nitrogens with zero attached hydrogens (tertiary/aromatic N) is 5. The summed E-state index contributed by atoms with van der Waals surface area (Å²) in [6, 6.07) is 4.07. The lowest BCUT2D eigenvalue weighted by molar-refractivity contribution is -0.134. The van der Waals surface area contributed by atoms with Crippen LogP contribution in [0, 0.1) is 5.82 Å². The number of benzene rings is 1. The van der Waals surface area contributed by atoms with Crippen LogP contribution < -0.4 is 11.1 Å². The van der Waals surface area contributed by atoms with Gasteiger partial charge in [0.2, 0.25) is 5.91 Å². The first kappa shape index (κ1) is 23.9. The lowest BCUT2D eigenvalue weighted by atomic mass is 9.73. The first-order valence-electron chi connectivity index (χ1n) is 10.9. The van der Waals surface area contributed by atoms with E-state index in [0.717, 1.165) is 0 Å². The SMILES string of the molecule is CCC1(c2ccc(Cl)c(F)c2)C(=O)Nc2nc(-c3cn4ccnc4c(CCC(F)(F)F)n3)nc(N)c21. The molecule has 0 bridgehead atoms. The summed E-state index contributed by atoms with van der Waals surface area (Å²) >= 11 is 5.83. The molecule has 0 aliphatic carbocycles. The van der Waals surface area contributed by atoms with E-state index >= 15 is 0 Å². The van der Waals surface area contributed by atoms with Gasteiger partial charge in [-0.25, -0.2) is 24.3 Å². The van der Waals surface area contributed by atoms with Crippen molar-refractivity contribution in [3.8, 4) is 11.5 Å². The van der Waals surface area contributed by atoms with E-state index in [2.05, 4.69) is 25.3 Å². The Morgan fingerprint density at radius 1 is 1.22 bits per heavy atom. The number of imidazole rings is 1. The molecule has 1 atom stereocenters. The number of aromatic nitrogens is 5. The monoisotopic (exact) mass is 519 g/mol. The number of halogens is 5. The molecule has 1 aliphatic rings. The number of amides is 1. The topological polar surface area (TPSA) is 111 Å². The fourth-order valence-electron chi connectivity index (χ4n) is 4.54. The summed E-state index contributed by atoms with van der Waals surface area (Å²) in [7, 11) is 0. The third-order valence-electron chi connectivity index (χ3n) is 6.24. The van der Waals surface area contributed by atoms with Gasteiger partial charge in [-0.1, -0.05) is 24.6 Å². The van der Waals surface area contributed by atoms with Gasteiger partial charge in [-0.2, -0.15) is 13.2 Å². The molecule has 3 N–H and O–H groups in total. The van der Waals surface area contributed by atoms with Crippen molar-refractivity contribution in [2.45, 2.75) is 37.8 Å². The second kappa shape index (κ2) is 8.40. The molecule has 0 saturated carbocycles. The van der Waals surface area contributed by atoms with Gasteiger partial charge in [0.05, 0.1) is 16.3 Å². The minimum absolute atomic E-state index is 0.00426. The lowest BCUT2D eigenvalue weighted by Gasteiger charge is -2.27. The zero-order valence-corrected chi connectivity index (χ0v) is 19.5. The molecule has 0 fully saturated rings. The molecule has 0 radical (unpaired) electrons. The predicted molar refractivity (Wildman–Crippen MR) is 124 cm³/mol. The van der Waals surface area contributed by atoms with E-state index < -0.39 is 36.2 Å². The molecule has 0 saturated heterocycles. The standard InChI is InChI=1S/C23H18ClF4N7O/c1-2-22(11-3-4-12(24)13(25)9-11)16-17(29)32-18(33-19(16)34-21(22)36)15-10-35-8-7-30-20(35)14(31-15)5-6-23(26,27)28/h3-4,7-10H,2,5-6H2,1H3,(H3,29,32,33,34,36). The highest BCUT2D eigenvalue weighted by Gasteiger charge is 2.50. The van der Waals surface area contributed by atoms with Crippen molar-refractivity contribution in [3.63, 3.8) is 0 Å². The number of aryl methyl sites for hydroxylation is 1. The van der Waals surface area contributed by atoms with Gasteiger partial charge >= 0.3 is 6.18 Å². The van der Waals surface area contributed by atoms with E-state index in [1.165, 1.54) is 28.9 Å². The van der Waals surface area contributed by atoms with Crippen LogP contribution >= 0.6 is 11.6 Å². The molecular formula is C23H18ClF4N7O. The van der Waals surface area contributed by atoms with E-state index in [4.69, 9.17) is 17.3 Å². The minimum Gasteiger partial charge on any atom is -0.383 e. The number of carbonyl (C=O) groups excluding carboxylic acids is 1. The molecule has 1 aromatic carbocycles. The highest BCUT2D eigenvalue weighted by atomic mass is 35.5. The van der Waals surface area contributed by atoms with E-state index in [-0.39, 0.29) is 51.5 Å². The Bertz CT molecular complexity index is 1520. The van der Waals surface area contributed by atoms with Gasteiger partial charge in [0.25, 0.3) is 0 Å². The van der Waals surface area contributed by atoms with Crippen LogP contribution in [0.3, 0.4) is 0 Å². The van der Waals surface area contributed by atoms with Crippen molar-refractivity contribution in [2.75, 3.05) is 11.1 Å². The van der Waals surface area contributed by atoms with Crippen molar-refractivity contribution < 1.29 is 22.4 Å². The maximum Gasteiger partial charge on any atom is 0.389 e. The first-order chi connectivity index (χ1) is 17.0. The summed E-state index contributed by atoms with van der Waals surface area (Å²) in [5.74, 6) is -1.09. The van der Waals surface area contributed by atoms with Crippen LogP contribution in [0.2, 0.25) is 5.02 Å². The summed E-state index contributed by atoms with van der Waals surface area (Å²) in [4.78, 5) is 30.4. The number of nitrogen functional groups attached to an aromatic ring is 1.